The highest BCUT2D eigenvalue weighted by Gasteiger charge is 2.19. The van der Waals surface area contributed by atoms with E-state index >= 15 is 0 Å². The molecule has 0 amide bonds. The third kappa shape index (κ3) is 18.2. The molecular formula is C22H44O3Si. The molecule has 0 spiro atoms. The Balaban J connectivity index is 3.39. The Kier molecular flexibility index (Phi) is 16.2. The van der Waals surface area contributed by atoms with E-state index in [2.05, 4.69) is 43.5 Å². The highest BCUT2D eigenvalue weighted by atomic mass is 28.4. The van der Waals surface area contributed by atoms with E-state index in [1.165, 1.54) is 64.9 Å². The number of allylic oxidation sites excluding steroid dienone is 2. The summed E-state index contributed by atoms with van der Waals surface area (Å²) in [5.41, 5.74) is 0. The third-order valence-electron chi connectivity index (χ3n) is 4.52. The van der Waals surface area contributed by atoms with Gasteiger partial charge < -0.3 is 9.16 Å². The number of ether oxygens (including phenoxy) is 1. The van der Waals surface area contributed by atoms with E-state index < -0.39 is 8.32 Å². The summed E-state index contributed by atoms with van der Waals surface area (Å²) in [6, 6.07) is 0. The van der Waals surface area contributed by atoms with Crippen LogP contribution >= 0.6 is 0 Å². The third-order valence-corrected chi connectivity index (χ3v) is 5.56. The molecule has 0 saturated heterocycles. The van der Waals surface area contributed by atoms with Crippen LogP contribution in [0.1, 0.15) is 90.4 Å². The fraction of sp³-hybridized carbons (Fsp3) is 0.864. The average molecular weight is 385 g/mol. The molecule has 3 nitrogen and oxygen atoms in total. The predicted octanol–water partition coefficient (Wildman–Crippen LogP) is 7.03. The lowest BCUT2D eigenvalue weighted by Gasteiger charge is -2.25. The second kappa shape index (κ2) is 16.6. The van der Waals surface area contributed by atoms with Crippen LogP contribution in [0.3, 0.4) is 0 Å². The van der Waals surface area contributed by atoms with Crippen LogP contribution in [0.4, 0.5) is 0 Å². The Labute approximate surface area is 164 Å². The Bertz CT molecular complexity index is 361. The van der Waals surface area contributed by atoms with Crippen molar-refractivity contribution in [1.29, 1.82) is 0 Å². The molecule has 0 aromatic rings. The van der Waals surface area contributed by atoms with E-state index in [9.17, 15) is 4.79 Å². The molecule has 4 heteroatoms. The highest BCUT2D eigenvalue weighted by Crippen LogP contribution is 2.16. The number of esters is 1. The van der Waals surface area contributed by atoms with E-state index in [4.69, 9.17) is 4.43 Å². The normalized spacial score (nSPS) is 13.3. The van der Waals surface area contributed by atoms with Gasteiger partial charge in [0.2, 0.25) is 0 Å². The minimum atomic E-state index is -1.38. The Morgan fingerprint density at radius 3 is 1.96 bits per heavy atom. The fourth-order valence-corrected chi connectivity index (χ4v) is 4.34. The zero-order valence-electron chi connectivity index (χ0n) is 18.1. The number of carbonyl (C=O) groups excluding carboxylic acids is 1. The molecule has 0 aliphatic rings. The first-order chi connectivity index (χ1) is 12.4. The van der Waals surface area contributed by atoms with Gasteiger partial charge in [-0.3, -0.25) is 4.79 Å². The maximum atomic E-state index is 11.0. The molecule has 0 radical (unpaired) electrons. The SMILES string of the molecule is CCC(CCCCC/C=C/CCCCCCCC(=O)OC)O[Si](C)(C)C. The summed E-state index contributed by atoms with van der Waals surface area (Å²) in [5.74, 6) is -0.0817. The molecule has 0 fully saturated rings. The van der Waals surface area contributed by atoms with Gasteiger partial charge in [0.1, 0.15) is 0 Å². The number of hydrogen-bond acceptors (Lipinski definition) is 3. The van der Waals surface area contributed by atoms with E-state index in [1.807, 2.05) is 0 Å². The molecule has 0 aromatic carbocycles. The number of rotatable bonds is 17. The van der Waals surface area contributed by atoms with E-state index in [1.54, 1.807) is 0 Å². The first-order valence-electron chi connectivity index (χ1n) is 10.8. The van der Waals surface area contributed by atoms with Crippen LogP contribution in [-0.2, 0) is 14.0 Å². The van der Waals surface area contributed by atoms with Gasteiger partial charge in [-0.1, -0.05) is 51.2 Å². The molecule has 0 heterocycles. The molecule has 0 aliphatic carbocycles. The molecule has 26 heavy (non-hydrogen) atoms. The van der Waals surface area contributed by atoms with Crippen molar-refractivity contribution in [1.82, 2.24) is 0 Å². The van der Waals surface area contributed by atoms with Crippen LogP contribution in [-0.4, -0.2) is 27.5 Å². The smallest absolute Gasteiger partial charge is 0.305 e. The summed E-state index contributed by atoms with van der Waals surface area (Å²) in [4.78, 5) is 11.0. The molecule has 0 bridgehead atoms. The van der Waals surface area contributed by atoms with Crippen molar-refractivity contribution in [2.24, 2.45) is 0 Å². The second-order valence-electron chi connectivity index (χ2n) is 8.25. The van der Waals surface area contributed by atoms with Gasteiger partial charge in [0, 0.05) is 12.5 Å². The van der Waals surface area contributed by atoms with Gasteiger partial charge in [-0.2, -0.15) is 0 Å². The highest BCUT2D eigenvalue weighted by molar-refractivity contribution is 6.69. The Morgan fingerprint density at radius 1 is 0.885 bits per heavy atom. The zero-order chi connectivity index (χ0) is 19.7. The van der Waals surface area contributed by atoms with Crippen LogP contribution in [0.2, 0.25) is 19.6 Å². The molecule has 0 N–H and O–H groups in total. The maximum Gasteiger partial charge on any atom is 0.305 e. The quantitative estimate of drug-likeness (QED) is 0.117. The topological polar surface area (TPSA) is 35.5 Å². The molecule has 1 unspecified atom stereocenters. The van der Waals surface area contributed by atoms with Crippen molar-refractivity contribution in [3.63, 3.8) is 0 Å². The first kappa shape index (κ1) is 25.4. The van der Waals surface area contributed by atoms with E-state index in [0.29, 0.717) is 12.5 Å². The summed E-state index contributed by atoms with van der Waals surface area (Å²) < 4.78 is 10.9. The summed E-state index contributed by atoms with van der Waals surface area (Å²) in [7, 11) is 0.0729. The fourth-order valence-electron chi connectivity index (χ4n) is 3.06. The summed E-state index contributed by atoms with van der Waals surface area (Å²) >= 11 is 0. The second-order valence-corrected chi connectivity index (χ2v) is 12.7. The number of unbranched alkanes of at least 4 members (excludes halogenated alkanes) is 8. The van der Waals surface area contributed by atoms with Crippen molar-refractivity contribution in [3.8, 4) is 0 Å². The van der Waals surface area contributed by atoms with Gasteiger partial charge >= 0.3 is 5.97 Å². The summed E-state index contributed by atoms with van der Waals surface area (Å²) in [6.07, 6.45) is 20.3. The lowest BCUT2D eigenvalue weighted by atomic mass is 10.1. The zero-order valence-corrected chi connectivity index (χ0v) is 19.1. The number of methoxy groups -OCH3 is 1. The minimum absolute atomic E-state index is 0.0817. The molecule has 0 rings (SSSR count). The maximum absolute atomic E-state index is 11.0. The predicted molar refractivity (Wildman–Crippen MR) is 115 cm³/mol. The van der Waals surface area contributed by atoms with Gasteiger partial charge in [0.05, 0.1) is 7.11 Å². The Morgan fingerprint density at radius 2 is 1.42 bits per heavy atom. The molecule has 0 saturated carbocycles. The average Bonchev–Trinajstić information content (AvgIpc) is 2.59. The molecular weight excluding hydrogens is 340 g/mol. The summed E-state index contributed by atoms with van der Waals surface area (Å²) in [5, 5.41) is 0. The van der Waals surface area contributed by atoms with Crippen molar-refractivity contribution >= 4 is 14.3 Å². The lowest BCUT2D eigenvalue weighted by molar-refractivity contribution is -0.140. The van der Waals surface area contributed by atoms with Crippen molar-refractivity contribution in [3.05, 3.63) is 12.2 Å². The molecule has 154 valence electrons. The van der Waals surface area contributed by atoms with Gasteiger partial charge in [-0.25, -0.2) is 0 Å². The number of hydrogen-bond donors (Lipinski definition) is 0. The molecule has 1 atom stereocenters. The number of carbonyl (C=O) groups is 1. The lowest BCUT2D eigenvalue weighted by Crippen LogP contribution is -2.31. The standard InChI is InChI=1S/C22H44O3Si/c1-6-21(25-26(3,4)5)19-17-15-13-11-9-7-8-10-12-14-16-18-20-22(23)24-2/h7,9,21H,6,8,10-20H2,1-5H3/b9-7+. The monoisotopic (exact) mass is 384 g/mol. The van der Waals surface area contributed by atoms with Crippen LogP contribution in [0.15, 0.2) is 12.2 Å². The largest absolute Gasteiger partial charge is 0.469 e. The van der Waals surface area contributed by atoms with Crippen molar-refractivity contribution < 1.29 is 14.0 Å². The van der Waals surface area contributed by atoms with Crippen LogP contribution < -0.4 is 0 Å². The van der Waals surface area contributed by atoms with E-state index in [0.717, 1.165) is 19.3 Å². The van der Waals surface area contributed by atoms with Gasteiger partial charge in [-0.05, 0) is 64.6 Å². The van der Waals surface area contributed by atoms with Crippen LogP contribution in [0, 0.1) is 0 Å². The van der Waals surface area contributed by atoms with Gasteiger partial charge in [-0.15, -0.1) is 0 Å². The van der Waals surface area contributed by atoms with Gasteiger partial charge in [0.15, 0.2) is 8.32 Å². The van der Waals surface area contributed by atoms with Crippen molar-refractivity contribution in [2.45, 2.75) is 116 Å². The van der Waals surface area contributed by atoms with E-state index in [-0.39, 0.29) is 5.97 Å². The first-order valence-corrected chi connectivity index (χ1v) is 14.2. The van der Waals surface area contributed by atoms with Crippen LogP contribution in [0.5, 0.6) is 0 Å². The van der Waals surface area contributed by atoms with Gasteiger partial charge in [0.25, 0.3) is 0 Å². The minimum Gasteiger partial charge on any atom is -0.469 e. The molecule has 0 aromatic heterocycles. The van der Waals surface area contributed by atoms with Crippen LogP contribution in [0.25, 0.3) is 0 Å². The summed E-state index contributed by atoms with van der Waals surface area (Å²) in [6.45, 7) is 9.08. The molecule has 0 aliphatic heterocycles. The Hall–Kier alpha value is -0.613. The van der Waals surface area contributed by atoms with Crippen molar-refractivity contribution in [2.75, 3.05) is 7.11 Å².